The first kappa shape index (κ1) is 24.5. The molecule has 14 nitrogen and oxygen atoms in total. The molecule has 8 atom stereocenters. The van der Waals surface area contributed by atoms with Crippen molar-refractivity contribution < 1.29 is 70.9 Å². The van der Waals surface area contributed by atoms with E-state index in [0.717, 1.165) is 0 Å². The number of hydrogen-bond acceptors (Lipinski definition) is 12. The summed E-state index contributed by atoms with van der Waals surface area (Å²) >= 11 is 0. The fraction of sp³-hybridized carbons (Fsp3) is 0.833. The van der Waals surface area contributed by atoms with Gasteiger partial charge in [-0.2, -0.15) is 0 Å². The largest absolute Gasteiger partial charge is 0.479 e. The Hall–Kier alpha value is -1.46. The van der Waals surface area contributed by atoms with Gasteiger partial charge in [-0.1, -0.05) is 0 Å². The normalized spacial score (nSPS) is 23.6. The summed E-state index contributed by atoms with van der Waals surface area (Å²) in [6.07, 6.45) is -16.5. The van der Waals surface area contributed by atoms with Crippen molar-refractivity contribution >= 4 is 11.9 Å². The zero-order valence-corrected chi connectivity index (χ0v) is 13.1. The van der Waals surface area contributed by atoms with Gasteiger partial charge in [-0.3, -0.25) is 0 Å². The van der Waals surface area contributed by atoms with Crippen LogP contribution >= 0.6 is 0 Å². The zero-order chi connectivity index (χ0) is 21.0. The maximum Gasteiger partial charge on any atom is 0.342 e. The number of carboxylic acid groups (broad SMARTS) is 2. The van der Waals surface area contributed by atoms with E-state index in [4.69, 9.17) is 20.4 Å². The lowest BCUT2D eigenvalue weighted by Crippen LogP contribution is -2.78. The van der Waals surface area contributed by atoms with Crippen LogP contribution in [0.25, 0.3) is 0 Å². The maximum atomic E-state index is 11.4. The molecule has 0 bridgehead atoms. The smallest absolute Gasteiger partial charge is 0.342 e. The number of carbonyl (C=O) groups is 2. The van der Waals surface area contributed by atoms with Crippen LogP contribution in [0.4, 0.5) is 0 Å². The molecule has 0 aliphatic carbocycles. The molecule has 0 saturated carbocycles. The van der Waals surface area contributed by atoms with E-state index >= 15 is 0 Å². The van der Waals surface area contributed by atoms with Gasteiger partial charge in [0.15, 0.2) is 0 Å². The Balaban J connectivity index is 6.39. The molecule has 0 heterocycles. The summed E-state index contributed by atoms with van der Waals surface area (Å²) in [7, 11) is 0. The average Bonchev–Trinajstić information content (AvgIpc) is 2.61. The summed E-state index contributed by atoms with van der Waals surface area (Å²) in [4.78, 5) is 22.8. The molecule has 12 N–H and O–H groups in total. The minimum Gasteiger partial charge on any atom is -0.479 e. The summed E-state index contributed by atoms with van der Waals surface area (Å²) in [6, 6.07) is 0. The van der Waals surface area contributed by atoms with E-state index in [-0.39, 0.29) is 0 Å². The van der Waals surface area contributed by atoms with Crippen LogP contribution in [0.1, 0.15) is 0 Å². The lowest BCUT2D eigenvalue weighted by Gasteiger charge is -2.45. The molecule has 0 amide bonds. The standard InChI is InChI=1S/C12H22O14/c13-1-3(15)5(17)7(19)11(25,9(21)22)12(26,10(23)24)8(20)6(18)4(16)2-14/h3-8,13-20,25-26H,1-2H2,(H,21,22)(H,23,24). The van der Waals surface area contributed by atoms with Crippen molar-refractivity contribution in [2.45, 2.75) is 47.8 Å². The summed E-state index contributed by atoms with van der Waals surface area (Å²) in [5, 5.41) is 113. The Kier molecular flexibility index (Phi) is 8.45. The molecule has 14 heteroatoms. The number of hydrogen-bond donors (Lipinski definition) is 12. The van der Waals surface area contributed by atoms with Gasteiger partial charge in [-0.25, -0.2) is 9.59 Å². The molecule has 0 aromatic carbocycles. The quantitative estimate of drug-likeness (QED) is 0.156. The highest BCUT2D eigenvalue weighted by Crippen LogP contribution is 2.34. The summed E-state index contributed by atoms with van der Waals surface area (Å²) < 4.78 is 0. The SMILES string of the molecule is O=C(O)C(O)(C(O)C(O)C(O)CO)C(O)(C(=O)O)C(O)C(O)C(O)CO. The van der Waals surface area contributed by atoms with Gasteiger partial charge in [0.25, 0.3) is 0 Å². The van der Waals surface area contributed by atoms with Gasteiger partial charge < -0.3 is 61.3 Å². The van der Waals surface area contributed by atoms with Gasteiger partial charge in [0.1, 0.15) is 36.6 Å². The number of aliphatic hydroxyl groups is 10. The molecule has 8 unspecified atom stereocenters. The minimum atomic E-state index is -4.37. The fourth-order valence-electron chi connectivity index (χ4n) is 2.16. The zero-order valence-electron chi connectivity index (χ0n) is 13.1. The number of aliphatic hydroxyl groups excluding tert-OH is 8. The van der Waals surface area contributed by atoms with Gasteiger partial charge in [0, 0.05) is 0 Å². The Bertz CT molecular complexity index is 454. The summed E-state index contributed by atoms with van der Waals surface area (Å²) in [5.41, 5.74) is -8.74. The predicted molar refractivity (Wildman–Crippen MR) is 75.4 cm³/mol. The highest BCUT2D eigenvalue weighted by atomic mass is 16.5. The number of aliphatic carboxylic acids is 2. The van der Waals surface area contributed by atoms with Gasteiger partial charge in [-0.05, 0) is 0 Å². The van der Waals surface area contributed by atoms with Crippen LogP contribution in [0.5, 0.6) is 0 Å². The van der Waals surface area contributed by atoms with Crippen molar-refractivity contribution in [3.8, 4) is 0 Å². The molecule has 26 heavy (non-hydrogen) atoms. The van der Waals surface area contributed by atoms with Crippen molar-refractivity contribution in [2.75, 3.05) is 13.2 Å². The molecule has 0 spiro atoms. The second-order valence-electron chi connectivity index (χ2n) is 5.51. The molecule has 0 radical (unpaired) electrons. The Morgan fingerprint density at radius 1 is 0.654 bits per heavy atom. The first-order valence-corrected chi connectivity index (χ1v) is 6.96. The molecule has 154 valence electrons. The Morgan fingerprint density at radius 2 is 0.885 bits per heavy atom. The Morgan fingerprint density at radius 3 is 1.04 bits per heavy atom. The molecule has 0 fully saturated rings. The van der Waals surface area contributed by atoms with Gasteiger partial charge in [0.2, 0.25) is 11.2 Å². The molecule has 0 aromatic rings. The third kappa shape index (κ3) is 3.94. The molecule has 0 aliphatic rings. The highest BCUT2D eigenvalue weighted by Gasteiger charge is 2.71. The summed E-state index contributed by atoms with van der Waals surface area (Å²) in [5.74, 6) is -5.44. The lowest BCUT2D eigenvalue weighted by atomic mass is 9.71. The van der Waals surface area contributed by atoms with Gasteiger partial charge in [0.05, 0.1) is 13.2 Å². The van der Waals surface area contributed by atoms with E-state index in [1.807, 2.05) is 0 Å². The number of rotatable bonds is 11. The maximum absolute atomic E-state index is 11.4. The van der Waals surface area contributed by atoms with Crippen molar-refractivity contribution in [2.24, 2.45) is 0 Å². The van der Waals surface area contributed by atoms with Crippen LogP contribution in [0, 0.1) is 0 Å². The van der Waals surface area contributed by atoms with E-state index in [1.54, 1.807) is 0 Å². The van der Waals surface area contributed by atoms with Gasteiger partial charge in [-0.15, -0.1) is 0 Å². The molecular weight excluding hydrogens is 368 g/mol. The van der Waals surface area contributed by atoms with Crippen LogP contribution in [-0.2, 0) is 9.59 Å². The topological polar surface area (TPSA) is 277 Å². The van der Waals surface area contributed by atoms with Crippen LogP contribution in [0.15, 0.2) is 0 Å². The van der Waals surface area contributed by atoms with Crippen molar-refractivity contribution in [1.29, 1.82) is 0 Å². The number of carboxylic acids is 2. The monoisotopic (exact) mass is 390 g/mol. The predicted octanol–water partition coefficient (Wildman–Crippen LogP) is -7.23. The van der Waals surface area contributed by atoms with Crippen LogP contribution in [0.3, 0.4) is 0 Å². The molecule has 0 aromatic heterocycles. The molecule has 0 aliphatic heterocycles. The molecule has 0 saturated heterocycles. The third-order valence-electron chi connectivity index (χ3n) is 3.90. The van der Waals surface area contributed by atoms with Crippen LogP contribution in [0.2, 0.25) is 0 Å². The lowest BCUT2D eigenvalue weighted by molar-refractivity contribution is -0.274. The fourth-order valence-corrected chi connectivity index (χ4v) is 2.16. The highest BCUT2D eigenvalue weighted by molar-refractivity contribution is 5.92. The van der Waals surface area contributed by atoms with E-state index in [9.17, 15) is 50.4 Å². The third-order valence-corrected chi connectivity index (χ3v) is 3.90. The van der Waals surface area contributed by atoms with Crippen molar-refractivity contribution in [3.63, 3.8) is 0 Å². The van der Waals surface area contributed by atoms with Crippen molar-refractivity contribution in [3.05, 3.63) is 0 Å². The second kappa shape index (κ2) is 8.96. The first-order valence-electron chi connectivity index (χ1n) is 6.96. The average molecular weight is 390 g/mol. The summed E-state index contributed by atoms with van der Waals surface area (Å²) in [6.45, 7) is -2.57. The molecule has 0 rings (SSSR count). The second-order valence-corrected chi connectivity index (χ2v) is 5.51. The van der Waals surface area contributed by atoms with Crippen molar-refractivity contribution in [1.82, 2.24) is 0 Å². The van der Waals surface area contributed by atoms with E-state index in [0.29, 0.717) is 0 Å². The van der Waals surface area contributed by atoms with E-state index < -0.39 is 73.0 Å². The van der Waals surface area contributed by atoms with Crippen LogP contribution < -0.4 is 0 Å². The van der Waals surface area contributed by atoms with Gasteiger partial charge >= 0.3 is 11.9 Å². The molecular formula is C12H22O14. The minimum absolute atomic E-state index is 1.28. The first-order chi connectivity index (χ1) is 11.7. The van der Waals surface area contributed by atoms with E-state index in [2.05, 4.69) is 0 Å². The van der Waals surface area contributed by atoms with E-state index in [1.165, 1.54) is 0 Å². The Labute approximate surface area is 145 Å². The van der Waals surface area contributed by atoms with Crippen LogP contribution in [-0.4, -0.2) is 134 Å².